The van der Waals surface area contributed by atoms with Gasteiger partial charge in [0, 0.05) is 32.3 Å². The smallest absolute Gasteiger partial charge is 0.256 e. The van der Waals surface area contributed by atoms with E-state index in [9.17, 15) is 14.0 Å². The second-order valence-corrected chi connectivity index (χ2v) is 10.3. The first kappa shape index (κ1) is 28.9. The molecule has 1 aliphatic rings. The number of hydrogen-bond donors (Lipinski definition) is 2. The van der Waals surface area contributed by atoms with Crippen molar-refractivity contribution in [3.8, 4) is 0 Å². The Labute approximate surface area is 250 Å². The van der Waals surface area contributed by atoms with Crippen LogP contribution in [0.25, 0.3) is 6.08 Å². The highest BCUT2D eigenvalue weighted by molar-refractivity contribution is 7.80. The van der Waals surface area contributed by atoms with Gasteiger partial charge in [-0.2, -0.15) is 0 Å². The molecule has 0 aliphatic carbocycles. The lowest BCUT2D eigenvalue weighted by atomic mass is 9.96. The maximum absolute atomic E-state index is 13.6. The molecular formula is C34H31FN4O2S. The number of halogens is 1. The van der Waals surface area contributed by atoms with Crippen LogP contribution in [0.3, 0.4) is 0 Å². The lowest BCUT2D eigenvalue weighted by Crippen LogP contribution is -2.50. The largest absolute Gasteiger partial charge is 0.336 e. The molecule has 1 saturated heterocycles. The number of thiocarbonyl (C=S) groups is 1. The lowest BCUT2D eigenvalue weighted by molar-refractivity contribution is -0.115. The molecule has 0 spiro atoms. The molecule has 1 heterocycles. The number of hydrogen-bond acceptors (Lipinski definition) is 4. The molecule has 0 radical (unpaired) electrons. The quantitative estimate of drug-likeness (QED) is 0.211. The van der Waals surface area contributed by atoms with Crippen LogP contribution in [0.2, 0.25) is 0 Å². The summed E-state index contributed by atoms with van der Waals surface area (Å²) in [7, 11) is 0. The normalized spacial score (nSPS) is 13.7. The number of carbonyl (C=O) groups excluding carboxylic acids is 2. The third-order valence-corrected chi connectivity index (χ3v) is 7.34. The molecule has 0 bridgehead atoms. The van der Waals surface area contributed by atoms with Gasteiger partial charge in [0.25, 0.3) is 5.91 Å². The van der Waals surface area contributed by atoms with Crippen LogP contribution in [-0.2, 0) is 4.79 Å². The molecule has 0 atom stereocenters. The molecule has 0 aromatic heterocycles. The molecule has 2 N–H and O–H groups in total. The highest BCUT2D eigenvalue weighted by Crippen LogP contribution is 2.30. The summed E-state index contributed by atoms with van der Waals surface area (Å²) in [5.74, 6) is -0.886. The van der Waals surface area contributed by atoms with Crippen molar-refractivity contribution in [1.82, 2.24) is 15.1 Å². The van der Waals surface area contributed by atoms with Crippen molar-refractivity contribution in [2.45, 2.75) is 6.04 Å². The number of benzene rings is 4. The molecule has 5 rings (SSSR count). The minimum absolute atomic E-state index is 0.0717. The van der Waals surface area contributed by atoms with Gasteiger partial charge in [0.05, 0.1) is 17.3 Å². The Morgan fingerprint density at radius 1 is 0.762 bits per heavy atom. The third kappa shape index (κ3) is 7.34. The van der Waals surface area contributed by atoms with Crippen LogP contribution >= 0.6 is 12.2 Å². The van der Waals surface area contributed by atoms with Gasteiger partial charge < -0.3 is 10.2 Å². The molecule has 0 saturated carbocycles. The number of para-hydroxylation sites is 1. The standard InChI is InChI=1S/C34H31FN4O2S/c35-28-18-15-25(16-19-28)17-20-31(40)37-34(42)36-30-14-8-7-13-29(30)33(41)39-23-21-38(22-24-39)32(26-9-3-1-4-10-26)27-11-5-2-6-12-27/h1-20,32H,21-24H2,(H2,36,37,40,42). The fraction of sp³-hybridized carbons (Fsp3) is 0.147. The van der Waals surface area contributed by atoms with Gasteiger partial charge in [-0.25, -0.2) is 4.39 Å². The van der Waals surface area contributed by atoms with Gasteiger partial charge in [-0.1, -0.05) is 84.9 Å². The van der Waals surface area contributed by atoms with E-state index in [0.717, 1.165) is 13.1 Å². The number of rotatable bonds is 7. The monoisotopic (exact) mass is 578 g/mol. The number of amides is 2. The van der Waals surface area contributed by atoms with Crippen molar-refractivity contribution in [2.75, 3.05) is 31.5 Å². The van der Waals surface area contributed by atoms with E-state index in [1.807, 2.05) is 23.1 Å². The van der Waals surface area contributed by atoms with Gasteiger partial charge in [-0.3, -0.25) is 19.8 Å². The Bertz CT molecular complexity index is 1510. The zero-order chi connectivity index (χ0) is 29.3. The summed E-state index contributed by atoms with van der Waals surface area (Å²) in [6.45, 7) is 2.62. The number of anilines is 1. The van der Waals surface area contributed by atoms with Crippen LogP contribution in [0.1, 0.15) is 33.1 Å². The minimum atomic E-state index is -0.442. The maximum Gasteiger partial charge on any atom is 0.256 e. The average Bonchev–Trinajstić information content (AvgIpc) is 3.02. The third-order valence-electron chi connectivity index (χ3n) is 7.14. The maximum atomic E-state index is 13.6. The highest BCUT2D eigenvalue weighted by atomic mass is 32.1. The Morgan fingerprint density at radius 3 is 1.95 bits per heavy atom. The van der Waals surface area contributed by atoms with E-state index in [0.29, 0.717) is 29.9 Å². The Morgan fingerprint density at radius 2 is 1.33 bits per heavy atom. The SMILES string of the molecule is O=C(C=Cc1ccc(F)cc1)NC(=S)Nc1ccccc1C(=O)N1CCN(C(c2ccccc2)c2ccccc2)CC1. The molecule has 1 aliphatic heterocycles. The molecule has 1 fully saturated rings. The van der Waals surface area contributed by atoms with Crippen molar-refractivity contribution in [2.24, 2.45) is 0 Å². The van der Waals surface area contributed by atoms with Crippen molar-refractivity contribution >= 4 is 40.9 Å². The summed E-state index contributed by atoms with van der Waals surface area (Å²) in [6, 6.07) is 33.9. The van der Waals surface area contributed by atoms with E-state index in [4.69, 9.17) is 12.2 Å². The van der Waals surface area contributed by atoms with Crippen LogP contribution in [0, 0.1) is 5.82 Å². The van der Waals surface area contributed by atoms with E-state index in [2.05, 4.69) is 64.1 Å². The highest BCUT2D eigenvalue weighted by Gasteiger charge is 2.29. The van der Waals surface area contributed by atoms with E-state index >= 15 is 0 Å². The first-order valence-corrected chi connectivity index (χ1v) is 14.2. The molecule has 2 amide bonds. The summed E-state index contributed by atoms with van der Waals surface area (Å²) in [5, 5.41) is 5.66. The van der Waals surface area contributed by atoms with Gasteiger partial charge in [0.2, 0.25) is 5.91 Å². The zero-order valence-electron chi connectivity index (χ0n) is 22.9. The van der Waals surface area contributed by atoms with Crippen LogP contribution in [-0.4, -0.2) is 52.9 Å². The Kier molecular flexibility index (Phi) is 9.48. The first-order chi connectivity index (χ1) is 20.5. The van der Waals surface area contributed by atoms with Gasteiger partial charge in [-0.15, -0.1) is 0 Å². The van der Waals surface area contributed by atoms with E-state index in [-0.39, 0.29) is 22.9 Å². The Hall–Kier alpha value is -4.66. The first-order valence-electron chi connectivity index (χ1n) is 13.8. The predicted molar refractivity (Wildman–Crippen MR) is 168 cm³/mol. The second kappa shape index (κ2) is 13.8. The summed E-state index contributed by atoms with van der Waals surface area (Å²) >= 11 is 5.34. The molecule has 6 nitrogen and oxygen atoms in total. The number of carbonyl (C=O) groups is 2. The predicted octanol–water partition coefficient (Wildman–Crippen LogP) is 5.90. The average molecular weight is 579 g/mol. The van der Waals surface area contributed by atoms with Gasteiger partial charge in [0.1, 0.15) is 5.82 Å². The number of nitrogens with one attached hydrogen (secondary N) is 2. The Balaban J connectivity index is 1.21. The molecule has 4 aromatic carbocycles. The van der Waals surface area contributed by atoms with Gasteiger partial charge >= 0.3 is 0 Å². The molecule has 42 heavy (non-hydrogen) atoms. The van der Waals surface area contributed by atoms with Crippen molar-refractivity contribution < 1.29 is 14.0 Å². The summed E-state index contributed by atoms with van der Waals surface area (Å²) in [4.78, 5) is 30.3. The van der Waals surface area contributed by atoms with Crippen molar-refractivity contribution in [1.29, 1.82) is 0 Å². The zero-order valence-corrected chi connectivity index (χ0v) is 23.8. The van der Waals surface area contributed by atoms with Crippen LogP contribution in [0.4, 0.5) is 10.1 Å². The van der Waals surface area contributed by atoms with Crippen LogP contribution in [0.5, 0.6) is 0 Å². The molecular weight excluding hydrogens is 547 g/mol. The van der Waals surface area contributed by atoms with E-state index < -0.39 is 5.91 Å². The molecule has 4 aromatic rings. The molecule has 212 valence electrons. The van der Waals surface area contributed by atoms with Crippen LogP contribution < -0.4 is 10.6 Å². The summed E-state index contributed by atoms with van der Waals surface area (Å²) in [6.07, 6.45) is 2.88. The fourth-order valence-electron chi connectivity index (χ4n) is 5.07. The van der Waals surface area contributed by atoms with Crippen molar-refractivity contribution in [3.05, 3.63) is 143 Å². The van der Waals surface area contributed by atoms with E-state index in [1.165, 1.54) is 29.3 Å². The summed E-state index contributed by atoms with van der Waals surface area (Å²) < 4.78 is 13.1. The molecule has 8 heteroatoms. The van der Waals surface area contributed by atoms with Crippen LogP contribution in [0.15, 0.2) is 115 Å². The second-order valence-electron chi connectivity index (χ2n) is 9.93. The number of nitrogens with zero attached hydrogens (tertiary/aromatic N) is 2. The van der Waals surface area contributed by atoms with E-state index in [1.54, 1.807) is 36.4 Å². The minimum Gasteiger partial charge on any atom is -0.336 e. The molecule has 0 unspecified atom stereocenters. The summed E-state index contributed by atoms with van der Waals surface area (Å²) in [5.41, 5.74) is 4.12. The van der Waals surface area contributed by atoms with Crippen molar-refractivity contribution in [3.63, 3.8) is 0 Å². The van der Waals surface area contributed by atoms with Gasteiger partial charge in [0.15, 0.2) is 5.11 Å². The topological polar surface area (TPSA) is 64.7 Å². The van der Waals surface area contributed by atoms with Gasteiger partial charge in [-0.05, 0) is 59.2 Å². The lowest BCUT2D eigenvalue weighted by Gasteiger charge is -2.40. The number of piperazine rings is 1. The fourth-order valence-corrected chi connectivity index (χ4v) is 5.28.